The number of amides is 1. The van der Waals surface area contributed by atoms with Crippen LogP contribution in [0.25, 0.3) is 0 Å². The minimum atomic E-state index is -0.113. The first-order chi connectivity index (χ1) is 11.6. The van der Waals surface area contributed by atoms with Gasteiger partial charge in [-0.1, -0.05) is 0 Å². The van der Waals surface area contributed by atoms with Crippen molar-refractivity contribution in [1.29, 1.82) is 0 Å². The van der Waals surface area contributed by atoms with Gasteiger partial charge in [0.05, 0.1) is 13.0 Å². The molecule has 144 valence electrons. The second-order valence-electron chi connectivity index (χ2n) is 6.47. The lowest BCUT2D eigenvalue weighted by molar-refractivity contribution is -0.146. The maximum atomic E-state index is 11.7. The molecule has 0 bridgehead atoms. The summed E-state index contributed by atoms with van der Waals surface area (Å²) in [6.45, 7) is 5.08. The predicted octanol–water partition coefficient (Wildman–Crippen LogP) is 1.51. The highest BCUT2D eigenvalue weighted by molar-refractivity contribution is 14.0. The molecule has 0 radical (unpaired) electrons. The minimum Gasteiger partial charge on any atom is -0.469 e. The second-order valence-corrected chi connectivity index (χ2v) is 6.47. The largest absolute Gasteiger partial charge is 0.469 e. The molecular formula is C17H31IN4O3. The molecule has 1 aliphatic carbocycles. The summed E-state index contributed by atoms with van der Waals surface area (Å²) in [7, 11) is 1.44. The molecule has 0 aromatic heterocycles. The number of carbonyl (C=O) groups excluding carboxylic acids is 2. The Balaban J connectivity index is 0.00000312. The van der Waals surface area contributed by atoms with Gasteiger partial charge in [-0.05, 0) is 39.0 Å². The van der Waals surface area contributed by atoms with Gasteiger partial charge in [0.1, 0.15) is 0 Å². The highest BCUT2D eigenvalue weighted by Crippen LogP contribution is 2.19. The number of hydrogen-bond acceptors (Lipinski definition) is 4. The van der Waals surface area contributed by atoms with Crippen molar-refractivity contribution in [2.45, 2.75) is 51.5 Å². The van der Waals surface area contributed by atoms with Crippen LogP contribution in [-0.4, -0.2) is 62.1 Å². The van der Waals surface area contributed by atoms with E-state index in [9.17, 15) is 9.59 Å². The van der Waals surface area contributed by atoms with Crippen molar-refractivity contribution in [2.75, 3.05) is 33.3 Å². The average Bonchev–Trinajstić information content (AvgIpc) is 3.41. The third-order valence-corrected chi connectivity index (χ3v) is 4.43. The number of esters is 1. The van der Waals surface area contributed by atoms with E-state index in [-0.39, 0.29) is 41.8 Å². The zero-order valence-electron chi connectivity index (χ0n) is 15.3. The van der Waals surface area contributed by atoms with Gasteiger partial charge in [-0.25, -0.2) is 0 Å². The van der Waals surface area contributed by atoms with Crippen molar-refractivity contribution in [3.63, 3.8) is 0 Å². The fraction of sp³-hybridized carbons (Fsp3) is 0.824. The van der Waals surface area contributed by atoms with Crippen LogP contribution < -0.4 is 10.6 Å². The van der Waals surface area contributed by atoms with Crippen LogP contribution in [0.5, 0.6) is 0 Å². The molecule has 1 saturated heterocycles. The second kappa shape index (κ2) is 11.5. The molecule has 0 aromatic carbocycles. The van der Waals surface area contributed by atoms with Crippen LogP contribution in [-0.2, 0) is 14.3 Å². The van der Waals surface area contributed by atoms with Gasteiger partial charge < -0.3 is 20.3 Å². The van der Waals surface area contributed by atoms with E-state index >= 15 is 0 Å². The van der Waals surface area contributed by atoms with E-state index in [1.54, 1.807) is 0 Å². The molecule has 2 N–H and O–H groups in total. The number of hydrogen-bond donors (Lipinski definition) is 2. The number of methoxy groups -OCH3 is 1. The molecule has 0 spiro atoms. The quantitative estimate of drug-likeness (QED) is 0.196. The highest BCUT2D eigenvalue weighted by Gasteiger charge is 2.27. The molecule has 0 unspecified atom stereocenters. The van der Waals surface area contributed by atoms with Crippen LogP contribution in [0.3, 0.4) is 0 Å². The van der Waals surface area contributed by atoms with Gasteiger partial charge in [-0.2, -0.15) is 0 Å². The van der Waals surface area contributed by atoms with Crippen LogP contribution in [0, 0.1) is 5.92 Å². The van der Waals surface area contributed by atoms with E-state index in [4.69, 9.17) is 4.74 Å². The average molecular weight is 466 g/mol. The summed E-state index contributed by atoms with van der Waals surface area (Å²) in [5.41, 5.74) is 0. The van der Waals surface area contributed by atoms with Gasteiger partial charge in [0.2, 0.25) is 5.91 Å². The summed E-state index contributed by atoms with van der Waals surface area (Å²) >= 11 is 0. The molecule has 7 nitrogen and oxygen atoms in total. The molecule has 8 heteroatoms. The minimum absolute atomic E-state index is 0. The normalized spacial score (nSPS) is 18.3. The zero-order chi connectivity index (χ0) is 17.4. The van der Waals surface area contributed by atoms with Gasteiger partial charge in [0, 0.05) is 38.6 Å². The summed E-state index contributed by atoms with van der Waals surface area (Å²) in [6.07, 6.45) is 5.11. The maximum Gasteiger partial charge on any atom is 0.308 e. The summed E-state index contributed by atoms with van der Waals surface area (Å²) < 4.78 is 4.83. The summed E-state index contributed by atoms with van der Waals surface area (Å²) in [6, 6.07) is 0.425. The van der Waals surface area contributed by atoms with Crippen molar-refractivity contribution in [1.82, 2.24) is 15.5 Å². The summed E-state index contributed by atoms with van der Waals surface area (Å²) in [4.78, 5) is 30.1. The maximum absolute atomic E-state index is 11.7. The topological polar surface area (TPSA) is 83.0 Å². The summed E-state index contributed by atoms with van der Waals surface area (Å²) in [5.74, 6) is 0.901. The molecule has 2 aliphatic rings. The van der Waals surface area contributed by atoms with E-state index in [2.05, 4.69) is 20.5 Å². The fourth-order valence-electron chi connectivity index (χ4n) is 2.87. The lowest BCUT2D eigenvalue weighted by Gasteiger charge is -2.33. The number of aliphatic imine (C=N–C) groups is 1. The van der Waals surface area contributed by atoms with E-state index in [0.717, 1.165) is 57.7 Å². The predicted molar refractivity (Wildman–Crippen MR) is 108 cm³/mol. The third kappa shape index (κ3) is 7.79. The van der Waals surface area contributed by atoms with Crippen molar-refractivity contribution in [3.05, 3.63) is 0 Å². The number of ether oxygens (including phenoxy) is 1. The number of rotatable bonds is 7. The van der Waals surface area contributed by atoms with Gasteiger partial charge in [0.15, 0.2) is 5.96 Å². The van der Waals surface area contributed by atoms with Crippen LogP contribution in [0.1, 0.15) is 45.4 Å². The first-order valence-corrected chi connectivity index (χ1v) is 9.04. The number of piperidine rings is 1. The van der Waals surface area contributed by atoms with Crippen molar-refractivity contribution in [3.8, 4) is 0 Å². The first kappa shape index (κ1) is 22.0. The smallest absolute Gasteiger partial charge is 0.308 e. The summed E-state index contributed by atoms with van der Waals surface area (Å²) in [5, 5.41) is 6.29. The molecular weight excluding hydrogens is 435 g/mol. The first-order valence-electron chi connectivity index (χ1n) is 9.04. The number of halogens is 1. The monoisotopic (exact) mass is 466 g/mol. The highest BCUT2D eigenvalue weighted by atomic mass is 127. The van der Waals surface area contributed by atoms with Gasteiger partial charge >= 0.3 is 5.97 Å². The van der Waals surface area contributed by atoms with Crippen LogP contribution in [0.15, 0.2) is 4.99 Å². The number of nitrogens with zero attached hydrogens (tertiary/aromatic N) is 2. The molecule has 1 saturated carbocycles. The van der Waals surface area contributed by atoms with Gasteiger partial charge in [0.25, 0.3) is 0 Å². The number of guanidine groups is 1. The Morgan fingerprint density at radius 3 is 2.44 bits per heavy atom. The number of nitrogens with one attached hydrogen (secondary N) is 2. The molecule has 0 atom stereocenters. The van der Waals surface area contributed by atoms with E-state index in [1.165, 1.54) is 7.11 Å². The Bertz CT molecular complexity index is 461. The molecule has 2 fully saturated rings. The van der Waals surface area contributed by atoms with Crippen LogP contribution in [0.2, 0.25) is 0 Å². The molecule has 0 aromatic rings. The Labute approximate surface area is 167 Å². The molecule has 25 heavy (non-hydrogen) atoms. The molecule has 1 heterocycles. The Kier molecular flexibility index (Phi) is 10.1. The van der Waals surface area contributed by atoms with E-state index in [0.29, 0.717) is 19.0 Å². The van der Waals surface area contributed by atoms with Crippen LogP contribution in [0.4, 0.5) is 0 Å². The Morgan fingerprint density at radius 1 is 1.20 bits per heavy atom. The molecule has 2 rings (SSSR count). The van der Waals surface area contributed by atoms with Gasteiger partial charge in [-0.3, -0.25) is 14.6 Å². The van der Waals surface area contributed by atoms with Crippen molar-refractivity contribution in [2.24, 2.45) is 10.9 Å². The standard InChI is InChI=1S/C17H30N4O3.HI/c1-3-18-17(19-10-4-5-15(22)20-14-6-7-14)21-11-8-13(9-12-21)16(23)24-2;/h13-14H,3-12H2,1-2H3,(H,18,19)(H,20,22);1H. The van der Waals surface area contributed by atoms with Crippen LogP contribution >= 0.6 is 24.0 Å². The van der Waals surface area contributed by atoms with Gasteiger partial charge in [-0.15, -0.1) is 24.0 Å². The molecule has 1 amide bonds. The number of carbonyl (C=O) groups is 2. The fourth-order valence-corrected chi connectivity index (χ4v) is 2.87. The third-order valence-electron chi connectivity index (χ3n) is 4.43. The Hall–Kier alpha value is -1.06. The van der Waals surface area contributed by atoms with Crippen molar-refractivity contribution >= 4 is 41.8 Å². The lowest BCUT2D eigenvalue weighted by atomic mass is 9.97. The van der Waals surface area contributed by atoms with E-state index in [1.807, 2.05) is 6.92 Å². The molecule has 1 aliphatic heterocycles. The van der Waals surface area contributed by atoms with E-state index < -0.39 is 0 Å². The Morgan fingerprint density at radius 2 is 1.88 bits per heavy atom. The zero-order valence-corrected chi connectivity index (χ0v) is 17.6. The van der Waals surface area contributed by atoms with Crippen molar-refractivity contribution < 1.29 is 14.3 Å². The SMILES string of the molecule is CCNC(=NCCCC(=O)NC1CC1)N1CCC(C(=O)OC)CC1.I. The number of likely N-dealkylation sites (tertiary alicyclic amines) is 1. The lowest BCUT2D eigenvalue weighted by Crippen LogP contribution is -2.46.